The fourth-order valence-corrected chi connectivity index (χ4v) is 1.86. The second kappa shape index (κ2) is 9.42. The maximum absolute atomic E-state index is 5.74. The van der Waals surface area contributed by atoms with Gasteiger partial charge in [-0.3, -0.25) is 0 Å². The van der Waals surface area contributed by atoms with Crippen LogP contribution in [0, 0.1) is 0 Å². The highest BCUT2D eigenvalue weighted by molar-refractivity contribution is 7.98. The first-order chi connectivity index (χ1) is 7.19. The number of likely N-dealkylation sites (N-methyl/N-ethyl adjacent to an activating group) is 1. The molecule has 1 atom stereocenters. The molecule has 0 rings (SSSR count). The molecule has 0 amide bonds. The molecule has 92 valence electrons. The van der Waals surface area contributed by atoms with E-state index in [1.165, 1.54) is 0 Å². The Labute approximate surface area is 97.5 Å². The average molecular weight is 236 g/mol. The number of thioether (sulfide) groups is 1. The smallest absolute Gasteiger partial charge is 0.158 e. The van der Waals surface area contributed by atoms with Crippen LogP contribution in [0.4, 0.5) is 0 Å². The summed E-state index contributed by atoms with van der Waals surface area (Å²) in [5, 5.41) is 0. The lowest BCUT2D eigenvalue weighted by Gasteiger charge is -2.29. The van der Waals surface area contributed by atoms with Gasteiger partial charge in [-0.25, -0.2) is 0 Å². The Kier molecular flexibility index (Phi) is 9.54. The molecule has 1 unspecified atom stereocenters. The Bertz CT molecular complexity index is 145. The summed E-state index contributed by atoms with van der Waals surface area (Å²) in [6, 6.07) is 0.321. The highest BCUT2D eigenvalue weighted by Crippen LogP contribution is 2.08. The molecule has 4 nitrogen and oxygen atoms in total. The molecule has 0 aromatic carbocycles. The molecular formula is C10H24N2O2S. The normalized spacial score (nSPS) is 13.8. The molecule has 0 aromatic rings. The summed E-state index contributed by atoms with van der Waals surface area (Å²) >= 11 is 1.84. The molecule has 0 aromatic heterocycles. The SMILES string of the molecule is COC(CC(CN)N(C)CCSC)OC. The van der Waals surface area contributed by atoms with Crippen molar-refractivity contribution in [2.75, 3.05) is 46.4 Å². The topological polar surface area (TPSA) is 47.7 Å². The lowest BCUT2D eigenvalue weighted by atomic mass is 10.2. The van der Waals surface area contributed by atoms with Gasteiger partial charge >= 0.3 is 0 Å². The monoisotopic (exact) mass is 236 g/mol. The lowest BCUT2D eigenvalue weighted by molar-refractivity contribution is -0.115. The lowest BCUT2D eigenvalue weighted by Crippen LogP contribution is -2.42. The molecule has 0 radical (unpaired) electrons. The van der Waals surface area contributed by atoms with E-state index < -0.39 is 0 Å². The number of rotatable bonds is 9. The van der Waals surface area contributed by atoms with Crippen LogP contribution in [0.25, 0.3) is 0 Å². The van der Waals surface area contributed by atoms with Crippen LogP contribution in [0.2, 0.25) is 0 Å². The quantitative estimate of drug-likeness (QED) is 0.595. The van der Waals surface area contributed by atoms with Crippen LogP contribution in [-0.4, -0.2) is 63.6 Å². The molecule has 0 bridgehead atoms. The summed E-state index contributed by atoms with van der Waals surface area (Å²) < 4.78 is 10.4. The molecule has 0 aliphatic rings. The molecular weight excluding hydrogens is 212 g/mol. The van der Waals surface area contributed by atoms with E-state index in [0.717, 1.165) is 18.7 Å². The third-order valence-corrected chi connectivity index (χ3v) is 3.12. The Morgan fingerprint density at radius 2 is 1.93 bits per heavy atom. The summed E-state index contributed by atoms with van der Waals surface area (Å²) in [4.78, 5) is 2.27. The molecule has 5 heteroatoms. The minimum Gasteiger partial charge on any atom is -0.356 e. The second-order valence-electron chi connectivity index (χ2n) is 3.50. The van der Waals surface area contributed by atoms with Crippen molar-refractivity contribution >= 4 is 11.8 Å². The zero-order valence-electron chi connectivity index (χ0n) is 10.2. The minimum absolute atomic E-state index is 0.157. The number of nitrogens with two attached hydrogens (primary N) is 1. The van der Waals surface area contributed by atoms with Crippen molar-refractivity contribution in [3.05, 3.63) is 0 Å². The van der Waals surface area contributed by atoms with Gasteiger partial charge in [0.2, 0.25) is 0 Å². The fraction of sp³-hybridized carbons (Fsp3) is 1.00. The maximum atomic E-state index is 5.74. The predicted molar refractivity (Wildman–Crippen MR) is 66.3 cm³/mol. The van der Waals surface area contributed by atoms with Crippen molar-refractivity contribution in [3.63, 3.8) is 0 Å². The highest BCUT2D eigenvalue weighted by atomic mass is 32.2. The molecule has 0 saturated carbocycles. The summed E-state index contributed by atoms with van der Waals surface area (Å²) in [5.74, 6) is 1.12. The van der Waals surface area contributed by atoms with E-state index in [2.05, 4.69) is 18.2 Å². The summed E-state index contributed by atoms with van der Waals surface area (Å²) in [7, 11) is 5.41. The van der Waals surface area contributed by atoms with Crippen molar-refractivity contribution < 1.29 is 9.47 Å². The largest absolute Gasteiger partial charge is 0.356 e. The molecule has 0 aliphatic heterocycles. The van der Waals surface area contributed by atoms with Gasteiger partial charge in [0.1, 0.15) is 0 Å². The van der Waals surface area contributed by atoms with Crippen molar-refractivity contribution in [2.45, 2.75) is 18.8 Å². The van der Waals surface area contributed by atoms with Crippen LogP contribution in [0.1, 0.15) is 6.42 Å². The first kappa shape index (κ1) is 15.2. The van der Waals surface area contributed by atoms with Crippen LogP contribution in [0.3, 0.4) is 0 Å². The van der Waals surface area contributed by atoms with E-state index in [1.54, 1.807) is 14.2 Å². The van der Waals surface area contributed by atoms with E-state index in [-0.39, 0.29) is 6.29 Å². The van der Waals surface area contributed by atoms with Crippen molar-refractivity contribution in [2.24, 2.45) is 5.73 Å². The zero-order valence-corrected chi connectivity index (χ0v) is 11.0. The molecule has 0 spiro atoms. The molecule has 0 fully saturated rings. The predicted octanol–water partition coefficient (Wildman–Crippen LogP) is 0.618. The fourth-order valence-electron chi connectivity index (χ4n) is 1.38. The first-order valence-corrected chi connectivity index (χ1v) is 6.53. The number of hydrogen-bond acceptors (Lipinski definition) is 5. The Morgan fingerprint density at radius 1 is 1.33 bits per heavy atom. The first-order valence-electron chi connectivity index (χ1n) is 5.14. The van der Waals surface area contributed by atoms with Gasteiger partial charge in [0.05, 0.1) is 0 Å². The van der Waals surface area contributed by atoms with Crippen LogP contribution < -0.4 is 5.73 Å². The molecule has 15 heavy (non-hydrogen) atoms. The molecule has 0 aliphatic carbocycles. The number of ether oxygens (including phenoxy) is 2. The molecule has 0 heterocycles. The van der Waals surface area contributed by atoms with Crippen molar-refractivity contribution in [1.29, 1.82) is 0 Å². The summed E-state index contributed by atoms with van der Waals surface area (Å²) in [5.41, 5.74) is 5.74. The van der Waals surface area contributed by atoms with Gasteiger partial charge in [-0.05, 0) is 13.3 Å². The standard InChI is InChI=1S/C10H24N2O2S/c1-12(5-6-15-4)9(8-11)7-10(13-2)14-3/h9-10H,5-8,11H2,1-4H3. The van der Waals surface area contributed by atoms with E-state index in [4.69, 9.17) is 15.2 Å². The highest BCUT2D eigenvalue weighted by Gasteiger charge is 2.18. The van der Waals surface area contributed by atoms with Crippen LogP contribution in [-0.2, 0) is 9.47 Å². The average Bonchev–Trinajstić information content (AvgIpc) is 2.27. The van der Waals surface area contributed by atoms with E-state index in [1.807, 2.05) is 11.8 Å². The van der Waals surface area contributed by atoms with Gasteiger partial charge in [0.25, 0.3) is 0 Å². The van der Waals surface area contributed by atoms with Gasteiger partial charge in [0.15, 0.2) is 6.29 Å². The third kappa shape index (κ3) is 6.37. The molecule has 0 saturated heterocycles. The van der Waals surface area contributed by atoms with Crippen molar-refractivity contribution in [1.82, 2.24) is 4.90 Å². The Hall–Kier alpha value is 0.190. The number of nitrogens with zero attached hydrogens (tertiary/aromatic N) is 1. The molecule has 2 N–H and O–H groups in total. The van der Waals surface area contributed by atoms with Gasteiger partial charge in [-0.1, -0.05) is 0 Å². The second-order valence-corrected chi connectivity index (χ2v) is 4.49. The van der Waals surface area contributed by atoms with Crippen molar-refractivity contribution in [3.8, 4) is 0 Å². The van der Waals surface area contributed by atoms with E-state index in [9.17, 15) is 0 Å². The van der Waals surface area contributed by atoms with Crippen LogP contribution >= 0.6 is 11.8 Å². The third-order valence-electron chi connectivity index (χ3n) is 2.53. The van der Waals surface area contributed by atoms with Crippen LogP contribution in [0.15, 0.2) is 0 Å². The summed E-state index contributed by atoms with van der Waals surface area (Å²) in [6.07, 6.45) is 2.77. The maximum Gasteiger partial charge on any atom is 0.158 e. The van der Waals surface area contributed by atoms with Gasteiger partial charge in [-0.15, -0.1) is 0 Å². The van der Waals surface area contributed by atoms with E-state index >= 15 is 0 Å². The van der Waals surface area contributed by atoms with E-state index in [0.29, 0.717) is 12.6 Å². The van der Waals surface area contributed by atoms with Gasteiger partial charge in [0, 0.05) is 45.5 Å². The van der Waals surface area contributed by atoms with Gasteiger partial charge < -0.3 is 20.1 Å². The van der Waals surface area contributed by atoms with Crippen LogP contribution in [0.5, 0.6) is 0 Å². The minimum atomic E-state index is -0.157. The number of hydrogen-bond donors (Lipinski definition) is 1. The summed E-state index contributed by atoms with van der Waals surface area (Å²) in [6.45, 7) is 1.68. The zero-order chi connectivity index (χ0) is 11.7. The Morgan fingerprint density at radius 3 is 2.33 bits per heavy atom. The number of methoxy groups -OCH3 is 2. The van der Waals surface area contributed by atoms with Gasteiger partial charge in [-0.2, -0.15) is 11.8 Å². The Balaban J connectivity index is 3.98.